The Morgan fingerprint density at radius 2 is 1.81 bits per heavy atom. The van der Waals surface area contributed by atoms with Gasteiger partial charge in [0.15, 0.2) is 0 Å². The molecule has 0 aromatic heterocycles. The van der Waals surface area contributed by atoms with Crippen LogP contribution in [-0.4, -0.2) is 12.5 Å². The highest BCUT2D eigenvalue weighted by Gasteiger charge is 2.13. The monoisotopic (exact) mass is 322 g/mol. The van der Waals surface area contributed by atoms with Crippen LogP contribution in [0.2, 0.25) is 10.0 Å². The average molecular weight is 323 g/mol. The van der Waals surface area contributed by atoms with Gasteiger partial charge in [0.1, 0.15) is 0 Å². The van der Waals surface area contributed by atoms with E-state index < -0.39 is 0 Å². The molecule has 2 rings (SSSR count). The quantitative estimate of drug-likeness (QED) is 0.832. The minimum absolute atomic E-state index is 0.228. The normalized spacial score (nSPS) is 10.3. The maximum Gasteiger partial charge on any atom is 0.257 e. The molecule has 0 radical (unpaired) electrons. The van der Waals surface area contributed by atoms with E-state index in [-0.39, 0.29) is 5.91 Å². The molecule has 0 aliphatic rings. The van der Waals surface area contributed by atoms with E-state index in [2.05, 4.69) is 10.6 Å². The number of benzene rings is 2. The molecule has 2 aromatic carbocycles. The van der Waals surface area contributed by atoms with Gasteiger partial charge < -0.3 is 10.6 Å². The van der Waals surface area contributed by atoms with Gasteiger partial charge in [0.2, 0.25) is 0 Å². The molecular formula is C16H16Cl2N2O. The van der Waals surface area contributed by atoms with E-state index in [0.717, 1.165) is 17.8 Å². The number of carbonyl (C=O) groups excluding carboxylic acids is 1. The second-order valence-electron chi connectivity index (χ2n) is 4.61. The van der Waals surface area contributed by atoms with Gasteiger partial charge in [-0.15, -0.1) is 0 Å². The molecule has 2 N–H and O–H groups in total. The summed E-state index contributed by atoms with van der Waals surface area (Å²) >= 11 is 12.2. The van der Waals surface area contributed by atoms with E-state index in [4.69, 9.17) is 23.2 Å². The Kier molecular flexibility index (Phi) is 5.10. The Morgan fingerprint density at radius 3 is 2.52 bits per heavy atom. The Balaban J connectivity index is 2.28. The maximum atomic E-state index is 12.4. The van der Waals surface area contributed by atoms with Gasteiger partial charge in [-0.2, -0.15) is 0 Å². The Bertz CT molecular complexity index is 671. The fraction of sp³-hybridized carbons (Fsp3) is 0.188. The van der Waals surface area contributed by atoms with Crippen LogP contribution in [0, 0.1) is 6.92 Å². The van der Waals surface area contributed by atoms with E-state index in [1.807, 2.05) is 32.0 Å². The first-order chi connectivity index (χ1) is 10.0. The predicted molar refractivity (Wildman–Crippen MR) is 89.8 cm³/mol. The van der Waals surface area contributed by atoms with Crippen LogP contribution in [0.3, 0.4) is 0 Å². The van der Waals surface area contributed by atoms with Gasteiger partial charge in [0, 0.05) is 17.3 Å². The molecule has 0 spiro atoms. The number of para-hydroxylation sites is 1. The van der Waals surface area contributed by atoms with Gasteiger partial charge in [-0.3, -0.25) is 4.79 Å². The minimum atomic E-state index is -0.228. The van der Waals surface area contributed by atoms with Crippen LogP contribution in [0.1, 0.15) is 22.8 Å². The molecule has 21 heavy (non-hydrogen) atoms. The fourth-order valence-corrected chi connectivity index (χ4v) is 2.39. The van der Waals surface area contributed by atoms with Crippen molar-refractivity contribution in [3.63, 3.8) is 0 Å². The van der Waals surface area contributed by atoms with Crippen LogP contribution in [-0.2, 0) is 0 Å². The van der Waals surface area contributed by atoms with Gasteiger partial charge >= 0.3 is 0 Å². The summed E-state index contributed by atoms with van der Waals surface area (Å²) in [6, 6.07) is 10.7. The summed E-state index contributed by atoms with van der Waals surface area (Å²) in [5, 5.41) is 6.98. The summed E-state index contributed by atoms with van der Waals surface area (Å²) in [7, 11) is 0. The lowest BCUT2D eigenvalue weighted by Crippen LogP contribution is -2.15. The summed E-state index contributed by atoms with van der Waals surface area (Å²) in [6.45, 7) is 4.58. The van der Waals surface area contributed by atoms with Crippen molar-refractivity contribution in [1.29, 1.82) is 0 Å². The zero-order valence-corrected chi connectivity index (χ0v) is 13.3. The molecule has 0 unspecified atom stereocenters. The van der Waals surface area contributed by atoms with Gasteiger partial charge in [0.05, 0.1) is 16.3 Å². The number of rotatable bonds is 4. The number of anilines is 2. The average Bonchev–Trinajstić information content (AvgIpc) is 2.45. The van der Waals surface area contributed by atoms with Crippen molar-refractivity contribution in [2.45, 2.75) is 13.8 Å². The van der Waals surface area contributed by atoms with E-state index >= 15 is 0 Å². The minimum Gasteiger partial charge on any atom is -0.385 e. The molecule has 1 amide bonds. The lowest BCUT2D eigenvalue weighted by molar-refractivity contribution is 0.102. The molecule has 0 aliphatic carbocycles. The molecule has 0 atom stereocenters. The molecule has 0 saturated heterocycles. The Hall–Kier alpha value is -1.71. The van der Waals surface area contributed by atoms with Gasteiger partial charge in [-0.05, 0) is 43.7 Å². The number of amides is 1. The first kappa shape index (κ1) is 15.7. The zero-order chi connectivity index (χ0) is 15.4. The molecule has 2 aromatic rings. The number of hydrogen-bond acceptors (Lipinski definition) is 2. The van der Waals surface area contributed by atoms with Crippen molar-refractivity contribution in [3.8, 4) is 0 Å². The smallest absolute Gasteiger partial charge is 0.257 e. The third-order valence-corrected chi connectivity index (χ3v) is 3.76. The molecule has 0 saturated carbocycles. The van der Waals surface area contributed by atoms with Crippen LogP contribution in [0.4, 0.5) is 11.4 Å². The number of aryl methyl sites for hydroxylation is 1. The third-order valence-electron chi connectivity index (χ3n) is 3.04. The summed E-state index contributed by atoms with van der Waals surface area (Å²) in [4.78, 5) is 12.4. The van der Waals surface area contributed by atoms with Crippen molar-refractivity contribution in [2.24, 2.45) is 0 Å². The van der Waals surface area contributed by atoms with E-state index in [1.165, 1.54) is 0 Å². The molecule has 0 heterocycles. The highest BCUT2D eigenvalue weighted by Crippen LogP contribution is 2.29. The highest BCUT2D eigenvalue weighted by molar-refractivity contribution is 6.36. The molecule has 0 bridgehead atoms. The Morgan fingerprint density at radius 1 is 1.10 bits per heavy atom. The van der Waals surface area contributed by atoms with Gasteiger partial charge in [-0.25, -0.2) is 0 Å². The van der Waals surface area contributed by atoms with Crippen LogP contribution in [0.5, 0.6) is 0 Å². The van der Waals surface area contributed by atoms with Crippen LogP contribution < -0.4 is 10.6 Å². The van der Waals surface area contributed by atoms with Crippen molar-refractivity contribution in [1.82, 2.24) is 0 Å². The zero-order valence-electron chi connectivity index (χ0n) is 11.8. The second-order valence-corrected chi connectivity index (χ2v) is 5.43. The molecule has 3 nitrogen and oxygen atoms in total. The lowest BCUT2D eigenvalue weighted by Gasteiger charge is -2.12. The first-order valence-corrected chi connectivity index (χ1v) is 7.38. The fourth-order valence-electron chi connectivity index (χ4n) is 1.96. The summed E-state index contributed by atoms with van der Waals surface area (Å²) < 4.78 is 0. The van der Waals surface area contributed by atoms with E-state index in [9.17, 15) is 4.79 Å². The van der Waals surface area contributed by atoms with E-state index in [1.54, 1.807) is 18.2 Å². The summed E-state index contributed by atoms with van der Waals surface area (Å²) in [5.41, 5.74) is 2.72. The SMILES string of the molecule is CCNc1ccccc1C(=O)Nc1cc(Cl)c(C)cc1Cl. The van der Waals surface area contributed by atoms with Crippen LogP contribution in [0.15, 0.2) is 36.4 Å². The predicted octanol–water partition coefficient (Wildman–Crippen LogP) is 4.99. The Labute approximate surface area is 134 Å². The van der Waals surface area contributed by atoms with Crippen molar-refractivity contribution in [2.75, 3.05) is 17.2 Å². The van der Waals surface area contributed by atoms with Gasteiger partial charge in [-0.1, -0.05) is 35.3 Å². The summed E-state index contributed by atoms with van der Waals surface area (Å²) in [6.07, 6.45) is 0. The van der Waals surface area contributed by atoms with Crippen molar-refractivity contribution < 1.29 is 4.79 Å². The largest absolute Gasteiger partial charge is 0.385 e. The molecule has 0 fully saturated rings. The second kappa shape index (κ2) is 6.83. The number of hydrogen-bond donors (Lipinski definition) is 2. The van der Waals surface area contributed by atoms with Crippen LogP contribution in [0.25, 0.3) is 0 Å². The molecule has 5 heteroatoms. The van der Waals surface area contributed by atoms with Crippen LogP contribution >= 0.6 is 23.2 Å². The summed E-state index contributed by atoms with van der Waals surface area (Å²) in [5.74, 6) is -0.228. The number of nitrogens with one attached hydrogen (secondary N) is 2. The molecule has 0 aliphatic heterocycles. The van der Waals surface area contributed by atoms with Crippen molar-refractivity contribution >= 4 is 40.5 Å². The first-order valence-electron chi connectivity index (χ1n) is 6.62. The standard InChI is InChI=1S/C16H16Cl2N2O/c1-3-19-14-7-5-4-6-11(14)16(21)20-15-9-12(17)10(2)8-13(15)18/h4-9,19H,3H2,1-2H3,(H,20,21). The highest BCUT2D eigenvalue weighted by atomic mass is 35.5. The molecular weight excluding hydrogens is 307 g/mol. The number of carbonyl (C=O) groups is 1. The lowest BCUT2D eigenvalue weighted by atomic mass is 10.1. The molecule has 110 valence electrons. The van der Waals surface area contributed by atoms with E-state index in [0.29, 0.717) is 21.3 Å². The topological polar surface area (TPSA) is 41.1 Å². The van der Waals surface area contributed by atoms with Gasteiger partial charge in [0.25, 0.3) is 5.91 Å². The maximum absolute atomic E-state index is 12.4. The number of halogens is 2. The van der Waals surface area contributed by atoms with Crippen molar-refractivity contribution in [3.05, 3.63) is 57.6 Å². The third kappa shape index (κ3) is 3.69.